The molecule has 0 radical (unpaired) electrons. The molecular weight excluding hydrogens is 458 g/mol. The molecule has 3 aromatic rings. The molecule has 2 aromatic carbocycles. The summed E-state index contributed by atoms with van der Waals surface area (Å²) in [7, 11) is 0. The predicted molar refractivity (Wildman–Crippen MR) is 133 cm³/mol. The number of aromatic amines is 1. The Morgan fingerprint density at radius 3 is 2.67 bits per heavy atom. The van der Waals surface area contributed by atoms with E-state index in [4.69, 9.17) is 12.2 Å². The minimum atomic E-state index is -1.15. The number of rotatable bonds is 7. The van der Waals surface area contributed by atoms with E-state index < -0.39 is 17.9 Å². The number of hydrogen-bond donors (Lipinski definition) is 3. The van der Waals surface area contributed by atoms with Gasteiger partial charge in [-0.05, 0) is 30.2 Å². The molecule has 1 saturated heterocycles. The van der Waals surface area contributed by atoms with E-state index in [2.05, 4.69) is 10.3 Å². The first kappa shape index (κ1) is 22.8. The van der Waals surface area contributed by atoms with E-state index in [0.29, 0.717) is 4.91 Å². The van der Waals surface area contributed by atoms with Crippen LogP contribution >= 0.6 is 24.0 Å². The summed E-state index contributed by atoms with van der Waals surface area (Å²) >= 11 is 6.41. The van der Waals surface area contributed by atoms with Crippen LogP contribution < -0.4 is 5.32 Å². The quantitative estimate of drug-likeness (QED) is 0.354. The highest BCUT2D eigenvalue weighted by atomic mass is 32.2. The van der Waals surface area contributed by atoms with Crippen LogP contribution in [0.3, 0.4) is 0 Å². The van der Waals surface area contributed by atoms with Crippen molar-refractivity contribution in [3.63, 3.8) is 0 Å². The van der Waals surface area contributed by atoms with Gasteiger partial charge in [-0.1, -0.05) is 72.0 Å². The van der Waals surface area contributed by atoms with Gasteiger partial charge >= 0.3 is 5.97 Å². The highest BCUT2D eigenvalue weighted by Crippen LogP contribution is 2.32. The highest BCUT2D eigenvalue weighted by Gasteiger charge is 2.34. The molecule has 2 heterocycles. The summed E-state index contributed by atoms with van der Waals surface area (Å²) in [5.41, 5.74) is 3.64. The molecule has 168 valence electrons. The molecule has 1 aromatic heterocycles. The van der Waals surface area contributed by atoms with E-state index in [-0.39, 0.29) is 23.2 Å². The van der Waals surface area contributed by atoms with Crippen LogP contribution in [0.5, 0.6) is 0 Å². The van der Waals surface area contributed by atoms with E-state index in [0.717, 1.165) is 39.4 Å². The van der Waals surface area contributed by atoms with Crippen molar-refractivity contribution in [1.29, 1.82) is 0 Å². The molecule has 9 heteroatoms. The van der Waals surface area contributed by atoms with E-state index in [9.17, 15) is 19.5 Å². The van der Waals surface area contributed by atoms with Crippen molar-refractivity contribution < 1.29 is 19.5 Å². The van der Waals surface area contributed by atoms with Gasteiger partial charge in [-0.3, -0.25) is 14.5 Å². The van der Waals surface area contributed by atoms with Gasteiger partial charge in [-0.25, -0.2) is 4.79 Å². The van der Waals surface area contributed by atoms with Crippen molar-refractivity contribution in [2.75, 3.05) is 6.54 Å². The molecule has 0 spiro atoms. The lowest BCUT2D eigenvalue weighted by atomic mass is 10.0. The zero-order chi connectivity index (χ0) is 23.5. The Morgan fingerprint density at radius 2 is 1.94 bits per heavy atom. The maximum absolute atomic E-state index is 12.8. The van der Waals surface area contributed by atoms with Gasteiger partial charge in [0, 0.05) is 23.5 Å². The fourth-order valence-electron chi connectivity index (χ4n) is 3.55. The van der Waals surface area contributed by atoms with Gasteiger partial charge in [-0.15, -0.1) is 0 Å². The first-order chi connectivity index (χ1) is 15.8. The number of fused-ring (bicyclic) bond motifs is 1. The third-order valence-corrected chi connectivity index (χ3v) is 6.66. The topological polar surface area (TPSA) is 102 Å². The SMILES string of the molecule is Cc1ccc(C=C2SC(=S)N(CC(=O)NC(Cc3c[nH]c4ccccc34)C(=O)O)C2=O)cc1. The fraction of sp³-hybridized carbons (Fsp3) is 0.167. The largest absolute Gasteiger partial charge is 0.480 e. The van der Waals surface area contributed by atoms with Crippen LogP contribution in [0.25, 0.3) is 17.0 Å². The molecule has 33 heavy (non-hydrogen) atoms. The maximum atomic E-state index is 12.8. The molecule has 4 rings (SSSR count). The third kappa shape index (κ3) is 5.15. The second-order valence-corrected chi connectivity index (χ2v) is 9.38. The summed E-state index contributed by atoms with van der Waals surface area (Å²) in [5, 5.41) is 13.1. The molecule has 1 fully saturated rings. The van der Waals surface area contributed by atoms with Crippen LogP contribution in [0.2, 0.25) is 0 Å². The first-order valence-electron chi connectivity index (χ1n) is 10.2. The zero-order valence-electron chi connectivity index (χ0n) is 17.7. The van der Waals surface area contributed by atoms with Crippen LogP contribution in [-0.2, 0) is 20.8 Å². The van der Waals surface area contributed by atoms with Crippen molar-refractivity contribution >= 4 is 63.1 Å². The molecule has 3 N–H and O–H groups in total. The number of para-hydroxylation sites is 1. The Bertz CT molecular complexity index is 1280. The van der Waals surface area contributed by atoms with Gasteiger partial charge in [0.1, 0.15) is 16.9 Å². The van der Waals surface area contributed by atoms with Crippen LogP contribution in [0, 0.1) is 6.92 Å². The van der Waals surface area contributed by atoms with E-state index >= 15 is 0 Å². The number of H-pyrrole nitrogens is 1. The summed E-state index contributed by atoms with van der Waals surface area (Å²) in [6.07, 6.45) is 3.58. The van der Waals surface area contributed by atoms with Crippen LogP contribution in [0.15, 0.2) is 59.6 Å². The van der Waals surface area contributed by atoms with Crippen LogP contribution in [0.1, 0.15) is 16.7 Å². The van der Waals surface area contributed by atoms with Crippen LogP contribution in [-0.4, -0.2) is 49.7 Å². The summed E-state index contributed by atoms with van der Waals surface area (Å²) in [5.74, 6) is -2.11. The monoisotopic (exact) mass is 479 g/mol. The molecule has 2 amide bonds. The van der Waals surface area contributed by atoms with Gasteiger partial charge in [0.25, 0.3) is 5.91 Å². The molecule has 0 saturated carbocycles. The number of thiocarbonyl (C=S) groups is 1. The molecule has 1 aliphatic rings. The predicted octanol–water partition coefficient (Wildman–Crippen LogP) is 3.49. The number of aryl methyl sites for hydroxylation is 1. The summed E-state index contributed by atoms with van der Waals surface area (Å²) in [4.78, 5) is 41.9. The number of carbonyl (C=O) groups is 3. The molecule has 1 aliphatic heterocycles. The molecule has 0 aliphatic carbocycles. The lowest BCUT2D eigenvalue weighted by Crippen LogP contribution is -2.47. The number of benzene rings is 2. The Labute approximate surface area is 199 Å². The van der Waals surface area contributed by atoms with Gasteiger partial charge in [0.15, 0.2) is 0 Å². The van der Waals surface area contributed by atoms with E-state index in [1.807, 2.05) is 55.5 Å². The lowest BCUT2D eigenvalue weighted by molar-refractivity contribution is -0.141. The second-order valence-electron chi connectivity index (χ2n) is 7.70. The van der Waals surface area contributed by atoms with Crippen molar-refractivity contribution in [2.45, 2.75) is 19.4 Å². The Morgan fingerprint density at radius 1 is 1.21 bits per heavy atom. The van der Waals surface area contributed by atoms with Gasteiger partial charge in [0.05, 0.1) is 4.91 Å². The van der Waals surface area contributed by atoms with Crippen molar-refractivity contribution in [2.24, 2.45) is 0 Å². The number of nitrogens with one attached hydrogen (secondary N) is 2. The average Bonchev–Trinajstić information content (AvgIpc) is 3.31. The van der Waals surface area contributed by atoms with Crippen molar-refractivity contribution in [1.82, 2.24) is 15.2 Å². The van der Waals surface area contributed by atoms with Crippen LogP contribution in [0.4, 0.5) is 0 Å². The number of aliphatic carboxylic acids is 1. The molecule has 7 nitrogen and oxygen atoms in total. The zero-order valence-corrected chi connectivity index (χ0v) is 19.3. The Kier molecular flexibility index (Phi) is 6.62. The minimum absolute atomic E-state index is 0.108. The Hall–Kier alpha value is -3.43. The summed E-state index contributed by atoms with van der Waals surface area (Å²) < 4.78 is 0.261. The molecule has 0 bridgehead atoms. The second kappa shape index (κ2) is 9.60. The third-order valence-electron chi connectivity index (χ3n) is 5.28. The smallest absolute Gasteiger partial charge is 0.326 e. The van der Waals surface area contributed by atoms with Gasteiger partial charge in [-0.2, -0.15) is 0 Å². The van der Waals surface area contributed by atoms with Crippen molar-refractivity contribution in [3.05, 3.63) is 76.3 Å². The average molecular weight is 480 g/mol. The number of thioether (sulfide) groups is 1. The summed E-state index contributed by atoms with van der Waals surface area (Å²) in [6, 6.07) is 14.1. The van der Waals surface area contributed by atoms with Gasteiger partial charge < -0.3 is 15.4 Å². The number of carbonyl (C=O) groups excluding carboxylic acids is 2. The minimum Gasteiger partial charge on any atom is -0.480 e. The number of nitrogens with zero attached hydrogens (tertiary/aromatic N) is 1. The lowest BCUT2D eigenvalue weighted by Gasteiger charge is -2.18. The highest BCUT2D eigenvalue weighted by molar-refractivity contribution is 8.26. The standard InChI is InChI=1S/C24H21N3O4S2/c1-14-6-8-15(9-7-14)10-20-22(29)27(24(32)33-20)13-21(28)26-19(23(30)31)11-16-12-25-18-5-3-2-4-17(16)18/h2-10,12,19,25H,11,13H2,1H3,(H,26,28)(H,30,31). The number of amides is 2. The number of hydrogen-bond acceptors (Lipinski definition) is 5. The van der Waals surface area contributed by atoms with Crippen molar-refractivity contribution in [3.8, 4) is 0 Å². The fourth-order valence-corrected chi connectivity index (χ4v) is 4.81. The normalized spacial score (nSPS) is 15.9. The number of aromatic nitrogens is 1. The number of carboxylic acid groups (broad SMARTS) is 1. The summed E-state index contributed by atoms with van der Waals surface area (Å²) in [6.45, 7) is 1.64. The molecule has 1 unspecified atom stereocenters. The maximum Gasteiger partial charge on any atom is 0.326 e. The molecule has 1 atom stereocenters. The first-order valence-corrected chi connectivity index (χ1v) is 11.4. The van der Waals surface area contributed by atoms with E-state index in [1.54, 1.807) is 12.3 Å². The van der Waals surface area contributed by atoms with E-state index in [1.165, 1.54) is 4.90 Å². The molecular formula is C24H21N3O4S2. The number of carboxylic acids is 1. The van der Waals surface area contributed by atoms with Gasteiger partial charge in [0.2, 0.25) is 5.91 Å². The Balaban J connectivity index is 1.43.